The van der Waals surface area contributed by atoms with Crippen molar-refractivity contribution >= 4 is 46.3 Å². The van der Waals surface area contributed by atoms with E-state index in [0.717, 1.165) is 10.6 Å². The monoisotopic (exact) mass is 448 g/mol. The van der Waals surface area contributed by atoms with Crippen LogP contribution in [-0.4, -0.2) is 55.3 Å². The zero-order chi connectivity index (χ0) is 21.5. The molecule has 2 N–H and O–H groups in total. The predicted octanol–water partition coefficient (Wildman–Crippen LogP) is 2.43. The van der Waals surface area contributed by atoms with Gasteiger partial charge in [0.05, 0.1) is 19.0 Å². The minimum atomic E-state index is -0.390. The Morgan fingerprint density at radius 1 is 1.13 bits per heavy atom. The van der Waals surface area contributed by atoms with Gasteiger partial charge in [-0.3, -0.25) is 14.4 Å². The summed E-state index contributed by atoms with van der Waals surface area (Å²) >= 11 is 7.53. The third-order valence-electron chi connectivity index (χ3n) is 4.90. The highest BCUT2D eigenvalue weighted by molar-refractivity contribution is 7.10. The molecule has 0 spiro atoms. The Morgan fingerprint density at radius 3 is 2.53 bits per heavy atom. The van der Waals surface area contributed by atoms with Gasteiger partial charge in [0.2, 0.25) is 17.7 Å². The lowest BCUT2D eigenvalue weighted by Gasteiger charge is -2.36. The number of thiophene rings is 1. The molecule has 1 aromatic heterocycles. The molecular formula is C21H25ClN4O3S. The molecule has 3 amide bonds. The molecule has 1 saturated heterocycles. The SMILES string of the molecule is CC(=O)NC(CC(=O)NCC(=O)N1CCN(c2cccc(Cl)c2)CC1)c1cccs1. The molecule has 30 heavy (non-hydrogen) atoms. The van der Waals surface area contributed by atoms with Crippen molar-refractivity contribution in [2.24, 2.45) is 0 Å². The van der Waals surface area contributed by atoms with Crippen molar-refractivity contribution in [3.63, 3.8) is 0 Å². The van der Waals surface area contributed by atoms with E-state index in [2.05, 4.69) is 15.5 Å². The van der Waals surface area contributed by atoms with Crippen molar-refractivity contribution in [2.45, 2.75) is 19.4 Å². The lowest BCUT2D eigenvalue weighted by Crippen LogP contribution is -2.51. The van der Waals surface area contributed by atoms with E-state index in [-0.39, 0.29) is 36.7 Å². The summed E-state index contributed by atoms with van der Waals surface area (Å²) < 4.78 is 0. The molecule has 2 aromatic rings. The third-order valence-corrected chi connectivity index (χ3v) is 6.12. The summed E-state index contributed by atoms with van der Waals surface area (Å²) in [6, 6.07) is 11.0. The van der Waals surface area contributed by atoms with Crippen LogP contribution in [0.2, 0.25) is 5.02 Å². The largest absolute Gasteiger partial charge is 0.368 e. The fraction of sp³-hybridized carbons (Fsp3) is 0.381. The maximum absolute atomic E-state index is 12.5. The average molecular weight is 449 g/mol. The van der Waals surface area contributed by atoms with Gasteiger partial charge >= 0.3 is 0 Å². The number of piperazine rings is 1. The lowest BCUT2D eigenvalue weighted by molar-refractivity contribution is -0.133. The summed E-state index contributed by atoms with van der Waals surface area (Å²) in [5.74, 6) is -0.579. The summed E-state index contributed by atoms with van der Waals surface area (Å²) in [5.41, 5.74) is 1.04. The van der Waals surface area contributed by atoms with Crippen molar-refractivity contribution in [1.82, 2.24) is 15.5 Å². The fourth-order valence-corrected chi connectivity index (χ4v) is 4.35. The van der Waals surface area contributed by atoms with Gasteiger partial charge in [0.1, 0.15) is 0 Å². The van der Waals surface area contributed by atoms with Crippen LogP contribution >= 0.6 is 22.9 Å². The van der Waals surface area contributed by atoms with Crippen LogP contribution in [0.4, 0.5) is 5.69 Å². The Bertz CT molecular complexity index is 882. The number of carbonyl (C=O) groups excluding carboxylic acids is 3. The van der Waals surface area contributed by atoms with E-state index in [1.807, 2.05) is 41.8 Å². The highest BCUT2D eigenvalue weighted by atomic mass is 35.5. The van der Waals surface area contributed by atoms with Gasteiger partial charge in [0.25, 0.3) is 0 Å². The molecule has 1 fully saturated rings. The average Bonchev–Trinajstić information content (AvgIpc) is 3.26. The van der Waals surface area contributed by atoms with E-state index in [1.165, 1.54) is 18.3 Å². The second kappa shape index (κ2) is 10.4. The Kier molecular flexibility index (Phi) is 7.70. The summed E-state index contributed by atoms with van der Waals surface area (Å²) in [5, 5.41) is 8.06. The van der Waals surface area contributed by atoms with Gasteiger partial charge in [-0.15, -0.1) is 11.3 Å². The topological polar surface area (TPSA) is 81.8 Å². The van der Waals surface area contributed by atoms with Crippen molar-refractivity contribution in [2.75, 3.05) is 37.6 Å². The van der Waals surface area contributed by atoms with Gasteiger partial charge in [0, 0.05) is 48.7 Å². The molecule has 0 saturated carbocycles. The maximum Gasteiger partial charge on any atom is 0.242 e. The van der Waals surface area contributed by atoms with E-state index >= 15 is 0 Å². The van der Waals surface area contributed by atoms with E-state index in [9.17, 15) is 14.4 Å². The Labute approximate surface area is 185 Å². The molecule has 0 aliphatic carbocycles. The first-order chi connectivity index (χ1) is 14.4. The second-order valence-corrected chi connectivity index (χ2v) is 8.51. The van der Waals surface area contributed by atoms with Crippen LogP contribution in [-0.2, 0) is 14.4 Å². The molecule has 160 valence electrons. The first-order valence-corrected chi connectivity index (χ1v) is 11.0. The number of amides is 3. The van der Waals surface area contributed by atoms with Crippen molar-refractivity contribution in [3.05, 3.63) is 51.7 Å². The van der Waals surface area contributed by atoms with Crippen LogP contribution in [0.5, 0.6) is 0 Å². The van der Waals surface area contributed by atoms with Gasteiger partial charge in [-0.2, -0.15) is 0 Å². The molecule has 1 unspecified atom stereocenters. The number of halogens is 1. The highest BCUT2D eigenvalue weighted by Crippen LogP contribution is 2.22. The molecule has 7 nitrogen and oxygen atoms in total. The van der Waals surface area contributed by atoms with Crippen LogP contribution in [0.3, 0.4) is 0 Å². The molecule has 1 aromatic carbocycles. The first kappa shape index (κ1) is 22.1. The number of hydrogen-bond acceptors (Lipinski definition) is 5. The number of anilines is 1. The van der Waals surface area contributed by atoms with E-state index in [0.29, 0.717) is 31.2 Å². The number of nitrogens with zero attached hydrogens (tertiary/aromatic N) is 2. The molecule has 1 atom stereocenters. The number of hydrogen-bond donors (Lipinski definition) is 2. The van der Waals surface area contributed by atoms with Gasteiger partial charge in [-0.1, -0.05) is 23.7 Å². The van der Waals surface area contributed by atoms with E-state index < -0.39 is 0 Å². The minimum Gasteiger partial charge on any atom is -0.368 e. The van der Waals surface area contributed by atoms with Crippen molar-refractivity contribution in [3.8, 4) is 0 Å². The Morgan fingerprint density at radius 2 is 1.90 bits per heavy atom. The molecular weight excluding hydrogens is 424 g/mol. The summed E-state index contributed by atoms with van der Waals surface area (Å²) in [7, 11) is 0. The summed E-state index contributed by atoms with van der Waals surface area (Å²) in [6.45, 7) is 3.97. The third kappa shape index (κ3) is 6.21. The smallest absolute Gasteiger partial charge is 0.242 e. The van der Waals surface area contributed by atoms with E-state index in [4.69, 9.17) is 11.6 Å². The van der Waals surface area contributed by atoms with Gasteiger partial charge < -0.3 is 20.4 Å². The van der Waals surface area contributed by atoms with Crippen molar-refractivity contribution < 1.29 is 14.4 Å². The van der Waals surface area contributed by atoms with Crippen LogP contribution < -0.4 is 15.5 Å². The van der Waals surface area contributed by atoms with Crippen LogP contribution in [0.1, 0.15) is 24.3 Å². The second-order valence-electron chi connectivity index (χ2n) is 7.10. The molecule has 9 heteroatoms. The number of carbonyl (C=O) groups is 3. The molecule has 1 aliphatic heterocycles. The minimum absolute atomic E-state index is 0.0484. The molecule has 1 aliphatic rings. The van der Waals surface area contributed by atoms with Crippen molar-refractivity contribution in [1.29, 1.82) is 0 Å². The number of nitrogens with one attached hydrogen (secondary N) is 2. The summed E-state index contributed by atoms with van der Waals surface area (Å²) in [4.78, 5) is 41.1. The summed E-state index contributed by atoms with van der Waals surface area (Å²) in [6.07, 6.45) is 0.0932. The molecule has 3 rings (SSSR count). The lowest BCUT2D eigenvalue weighted by atomic mass is 10.1. The van der Waals surface area contributed by atoms with Gasteiger partial charge in [-0.05, 0) is 29.6 Å². The first-order valence-electron chi connectivity index (χ1n) is 9.78. The quantitative estimate of drug-likeness (QED) is 0.681. The number of rotatable bonds is 7. The van der Waals surface area contributed by atoms with E-state index in [1.54, 1.807) is 4.90 Å². The van der Waals surface area contributed by atoms with Crippen LogP contribution in [0, 0.1) is 0 Å². The highest BCUT2D eigenvalue weighted by Gasteiger charge is 2.23. The standard InChI is InChI=1S/C21H25ClN4O3S/c1-15(27)24-18(19-6-3-11-30-19)13-20(28)23-14-21(29)26-9-7-25(8-10-26)17-5-2-4-16(22)12-17/h2-6,11-12,18H,7-10,13-14H2,1H3,(H,23,28)(H,24,27). The zero-order valence-corrected chi connectivity index (χ0v) is 18.3. The zero-order valence-electron chi connectivity index (χ0n) is 16.8. The fourth-order valence-electron chi connectivity index (χ4n) is 3.39. The van der Waals surface area contributed by atoms with Crippen LogP contribution in [0.15, 0.2) is 41.8 Å². The normalized spacial score (nSPS) is 14.9. The Hall–Kier alpha value is -2.58. The predicted molar refractivity (Wildman–Crippen MR) is 119 cm³/mol. The van der Waals surface area contributed by atoms with Gasteiger partial charge in [0.15, 0.2) is 0 Å². The van der Waals surface area contributed by atoms with Crippen LogP contribution in [0.25, 0.3) is 0 Å². The maximum atomic E-state index is 12.5. The Balaban J connectivity index is 1.45. The molecule has 2 heterocycles. The molecule has 0 radical (unpaired) electrons. The van der Waals surface area contributed by atoms with Gasteiger partial charge in [-0.25, -0.2) is 0 Å². The number of benzene rings is 1. The molecule has 0 bridgehead atoms.